The Morgan fingerprint density at radius 3 is 2.78 bits per heavy atom. The van der Waals surface area contributed by atoms with Crippen molar-refractivity contribution in [3.63, 3.8) is 0 Å². The van der Waals surface area contributed by atoms with Gasteiger partial charge < -0.3 is 14.7 Å². The van der Waals surface area contributed by atoms with Gasteiger partial charge in [-0.05, 0) is 18.9 Å². The third-order valence-electron chi connectivity index (χ3n) is 3.02. The maximum absolute atomic E-state index is 11.8. The Morgan fingerprint density at radius 1 is 1.39 bits per heavy atom. The van der Waals surface area contributed by atoms with Crippen LogP contribution >= 0.6 is 11.6 Å². The van der Waals surface area contributed by atoms with Crippen LogP contribution in [0.2, 0.25) is 5.02 Å². The molecule has 5 heteroatoms. The first-order valence-corrected chi connectivity index (χ1v) is 6.39. The zero-order valence-electron chi connectivity index (χ0n) is 10.1. The maximum Gasteiger partial charge on any atom is 0.260 e. The number of rotatable bonds is 4. The highest BCUT2D eigenvalue weighted by Gasteiger charge is 2.19. The normalized spacial score (nSPS) is 14.9. The highest BCUT2D eigenvalue weighted by atomic mass is 35.5. The first-order valence-electron chi connectivity index (χ1n) is 6.01. The number of hydrogen-bond acceptors (Lipinski definition) is 3. The fraction of sp³-hybridized carbons (Fsp3) is 0.462. The number of carbonyl (C=O) groups excluding carboxylic acids is 1. The Balaban J connectivity index is 1.99. The van der Waals surface area contributed by atoms with E-state index < -0.39 is 0 Å². The van der Waals surface area contributed by atoms with Crippen LogP contribution in [-0.2, 0) is 11.4 Å². The molecular weight excluding hydrogens is 254 g/mol. The monoisotopic (exact) mass is 269 g/mol. The molecule has 1 N–H and O–H groups in total. The Kier molecular flexibility index (Phi) is 4.44. The van der Waals surface area contributed by atoms with E-state index in [2.05, 4.69) is 0 Å². The van der Waals surface area contributed by atoms with Crippen LogP contribution in [0.5, 0.6) is 5.75 Å². The van der Waals surface area contributed by atoms with Gasteiger partial charge in [0, 0.05) is 18.7 Å². The molecule has 0 aliphatic carbocycles. The minimum atomic E-state index is -0.159. The summed E-state index contributed by atoms with van der Waals surface area (Å²) in [6.07, 6.45) is 2.11. The summed E-state index contributed by atoms with van der Waals surface area (Å²) in [7, 11) is 0. The summed E-state index contributed by atoms with van der Waals surface area (Å²) in [6.45, 7) is 1.42. The molecule has 1 aliphatic rings. The second-order valence-corrected chi connectivity index (χ2v) is 4.67. The fourth-order valence-electron chi connectivity index (χ4n) is 2.03. The molecule has 2 rings (SSSR count). The molecule has 1 aromatic rings. The number of halogens is 1. The minimum Gasteiger partial charge on any atom is -0.482 e. The number of benzene rings is 1. The molecule has 1 amide bonds. The molecular formula is C13H16ClNO3. The number of ether oxygens (including phenoxy) is 1. The molecule has 1 saturated heterocycles. The molecule has 1 heterocycles. The van der Waals surface area contributed by atoms with Gasteiger partial charge in [0.1, 0.15) is 5.75 Å². The number of para-hydroxylation sites is 1. The van der Waals surface area contributed by atoms with Crippen molar-refractivity contribution in [1.82, 2.24) is 4.90 Å². The van der Waals surface area contributed by atoms with E-state index in [1.54, 1.807) is 23.1 Å². The second-order valence-electron chi connectivity index (χ2n) is 4.26. The van der Waals surface area contributed by atoms with Crippen molar-refractivity contribution in [3.05, 3.63) is 28.8 Å². The van der Waals surface area contributed by atoms with Crippen molar-refractivity contribution in [2.24, 2.45) is 0 Å². The highest BCUT2D eigenvalue weighted by molar-refractivity contribution is 6.32. The Bertz CT molecular complexity index is 430. The fourth-order valence-corrected chi connectivity index (χ4v) is 2.28. The van der Waals surface area contributed by atoms with Crippen molar-refractivity contribution >= 4 is 17.5 Å². The van der Waals surface area contributed by atoms with Gasteiger partial charge >= 0.3 is 0 Å². The van der Waals surface area contributed by atoms with E-state index in [0.717, 1.165) is 25.9 Å². The summed E-state index contributed by atoms with van der Waals surface area (Å²) in [5.74, 6) is 0.366. The van der Waals surface area contributed by atoms with Gasteiger partial charge in [-0.15, -0.1) is 0 Å². The number of carbonyl (C=O) groups is 1. The number of likely N-dealkylation sites (tertiary alicyclic amines) is 1. The zero-order valence-corrected chi connectivity index (χ0v) is 10.8. The lowest BCUT2D eigenvalue weighted by atomic mass is 10.2. The van der Waals surface area contributed by atoms with E-state index in [4.69, 9.17) is 16.3 Å². The molecule has 1 aliphatic heterocycles. The average Bonchev–Trinajstić information content (AvgIpc) is 2.90. The molecule has 0 unspecified atom stereocenters. The smallest absolute Gasteiger partial charge is 0.260 e. The molecule has 0 saturated carbocycles. The van der Waals surface area contributed by atoms with Gasteiger partial charge in [-0.25, -0.2) is 0 Å². The van der Waals surface area contributed by atoms with E-state index in [1.807, 2.05) is 0 Å². The van der Waals surface area contributed by atoms with E-state index in [1.165, 1.54) is 0 Å². The second kappa shape index (κ2) is 6.07. The van der Waals surface area contributed by atoms with Crippen molar-refractivity contribution in [1.29, 1.82) is 0 Å². The summed E-state index contributed by atoms with van der Waals surface area (Å²) in [6, 6.07) is 5.14. The molecule has 98 valence electrons. The molecule has 4 nitrogen and oxygen atoms in total. The summed E-state index contributed by atoms with van der Waals surface area (Å²) in [5.41, 5.74) is 0.594. The summed E-state index contributed by atoms with van der Waals surface area (Å²) < 4.78 is 5.45. The molecule has 0 bridgehead atoms. The van der Waals surface area contributed by atoms with E-state index in [9.17, 15) is 9.90 Å². The van der Waals surface area contributed by atoms with E-state index >= 15 is 0 Å². The number of hydrogen-bond donors (Lipinski definition) is 1. The average molecular weight is 270 g/mol. The summed E-state index contributed by atoms with van der Waals surface area (Å²) in [5, 5.41) is 9.60. The number of amides is 1. The van der Waals surface area contributed by atoms with Crippen molar-refractivity contribution in [2.45, 2.75) is 19.4 Å². The van der Waals surface area contributed by atoms with Crippen LogP contribution in [-0.4, -0.2) is 35.6 Å². The van der Waals surface area contributed by atoms with Gasteiger partial charge in [-0.1, -0.05) is 23.7 Å². The lowest BCUT2D eigenvalue weighted by Gasteiger charge is -2.17. The van der Waals surface area contributed by atoms with Crippen LogP contribution in [0, 0.1) is 0 Å². The standard InChI is InChI=1S/C13H16ClNO3/c14-11-5-3-4-10(8-16)13(11)18-9-12(17)15-6-1-2-7-15/h3-5,16H,1-2,6-9H2. The largest absolute Gasteiger partial charge is 0.482 e. The van der Waals surface area contributed by atoms with Crippen LogP contribution in [0.4, 0.5) is 0 Å². The first-order chi connectivity index (χ1) is 8.72. The predicted octanol–water partition coefficient (Wildman–Crippen LogP) is 1.83. The minimum absolute atomic E-state index is 0.0310. The Hall–Kier alpha value is -1.26. The molecule has 18 heavy (non-hydrogen) atoms. The number of nitrogens with zero attached hydrogens (tertiary/aromatic N) is 1. The van der Waals surface area contributed by atoms with Gasteiger partial charge in [0.05, 0.1) is 11.6 Å². The Labute approximate surface area is 111 Å². The van der Waals surface area contributed by atoms with Crippen molar-refractivity contribution in [3.8, 4) is 5.75 Å². The molecule has 0 radical (unpaired) electrons. The lowest BCUT2D eigenvalue weighted by molar-refractivity contribution is -0.132. The Morgan fingerprint density at radius 2 is 2.11 bits per heavy atom. The van der Waals surface area contributed by atoms with E-state index in [-0.39, 0.29) is 19.1 Å². The van der Waals surface area contributed by atoms with Gasteiger partial charge in [0.25, 0.3) is 5.91 Å². The first kappa shape index (κ1) is 13.2. The zero-order chi connectivity index (χ0) is 13.0. The summed E-state index contributed by atoms with van der Waals surface area (Å²) >= 11 is 5.99. The maximum atomic E-state index is 11.8. The third-order valence-corrected chi connectivity index (χ3v) is 3.32. The highest BCUT2D eigenvalue weighted by Crippen LogP contribution is 2.28. The van der Waals surface area contributed by atoms with Gasteiger partial charge in [-0.3, -0.25) is 4.79 Å². The number of aliphatic hydroxyl groups excluding tert-OH is 1. The molecule has 1 fully saturated rings. The topological polar surface area (TPSA) is 49.8 Å². The molecule has 0 spiro atoms. The predicted molar refractivity (Wildman–Crippen MR) is 68.7 cm³/mol. The van der Waals surface area contributed by atoms with E-state index in [0.29, 0.717) is 16.3 Å². The molecule has 0 atom stereocenters. The number of aliphatic hydroxyl groups is 1. The van der Waals surface area contributed by atoms with Crippen molar-refractivity contribution in [2.75, 3.05) is 19.7 Å². The van der Waals surface area contributed by atoms with Crippen LogP contribution in [0.15, 0.2) is 18.2 Å². The third kappa shape index (κ3) is 2.94. The van der Waals surface area contributed by atoms with Gasteiger partial charge in [0.2, 0.25) is 0 Å². The van der Waals surface area contributed by atoms with Crippen LogP contribution in [0.3, 0.4) is 0 Å². The quantitative estimate of drug-likeness (QED) is 0.907. The molecule has 0 aromatic heterocycles. The van der Waals surface area contributed by atoms with Crippen LogP contribution in [0.25, 0.3) is 0 Å². The van der Waals surface area contributed by atoms with Gasteiger partial charge in [-0.2, -0.15) is 0 Å². The molecule has 1 aromatic carbocycles. The lowest BCUT2D eigenvalue weighted by Crippen LogP contribution is -2.32. The van der Waals surface area contributed by atoms with Crippen LogP contribution < -0.4 is 4.74 Å². The summed E-state index contributed by atoms with van der Waals surface area (Å²) in [4.78, 5) is 13.6. The SMILES string of the molecule is O=C(COc1c(Cl)cccc1CO)N1CCCC1. The van der Waals surface area contributed by atoms with Gasteiger partial charge in [0.15, 0.2) is 6.61 Å². The van der Waals surface area contributed by atoms with Crippen molar-refractivity contribution < 1.29 is 14.6 Å². The van der Waals surface area contributed by atoms with Crippen LogP contribution in [0.1, 0.15) is 18.4 Å².